The van der Waals surface area contributed by atoms with Crippen LogP contribution in [-0.4, -0.2) is 19.6 Å². The fraction of sp³-hybridized carbons (Fsp3) is 0.500. The predicted molar refractivity (Wildman–Crippen MR) is 65.0 cm³/mol. The SMILES string of the molecule is Cc1c(CO)cccc1S(=O)(=O)NC1CC1C. The zero-order chi connectivity index (χ0) is 12.6. The van der Waals surface area contributed by atoms with E-state index in [4.69, 9.17) is 5.11 Å². The molecule has 0 heterocycles. The van der Waals surface area contributed by atoms with E-state index in [1.165, 1.54) is 0 Å². The van der Waals surface area contributed by atoms with Gasteiger partial charge >= 0.3 is 0 Å². The molecule has 2 N–H and O–H groups in total. The second kappa shape index (κ2) is 4.40. The predicted octanol–water partition coefficient (Wildman–Crippen LogP) is 1.17. The van der Waals surface area contributed by atoms with Gasteiger partial charge < -0.3 is 5.11 Å². The molecule has 1 fully saturated rings. The minimum absolute atomic E-state index is 0.0668. The minimum atomic E-state index is -3.45. The number of rotatable bonds is 4. The molecule has 2 atom stereocenters. The normalized spacial score (nSPS) is 23.7. The Morgan fingerprint density at radius 1 is 1.47 bits per heavy atom. The van der Waals surface area contributed by atoms with Gasteiger partial charge in [-0.15, -0.1) is 0 Å². The molecule has 0 spiro atoms. The highest BCUT2D eigenvalue weighted by Crippen LogP contribution is 2.31. The smallest absolute Gasteiger partial charge is 0.241 e. The molecule has 2 unspecified atom stereocenters. The molecule has 94 valence electrons. The molecule has 0 aliphatic heterocycles. The highest BCUT2D eigenvalue weighted by atomic mass is 32.2. The lowest BCUT2D eigenvalue weighted by molar-refractivity contribution is 0.280. The average molecular weight is 255 g/mol. The van der Waals surface area contributed by atoms with Crippen LogP contribution in [-0.2, 0) is 16.6 Å². The van der Waals surface area contributed by atoms with Crippen LogP contribution < -0.4 is 4.72 Å². The minimum Gasteiger partial charge on any atom is -0.392 e. The molecular weight excluding hydrogens is 238 g/mol. The Balaban J connectivity index is 2.32. The molecule has 1 aromatic rings. The molecule has 4 nitrogen and oxygen atoms in total. The van der Waals surface area contributed by atoms with Crippen molar-refractivity contribution in [2.24, 2.45) is 5.92 Å². The number of hydrogen-bond donors (Lipinski definition) is 2. The Bertz CT molecular complexity index is 525. The van der Waals surface area contributed by atoms with E-state index in [0.717, 1.165) is 6.42 Å². The van der Waals surface area contributed by atoms with Crippen LogP contribution in [0.4, 0.5) is 0 Å². The standard InChI is InChI=1S/C12H17NO3S/c1-8-6-11(8)13-17(15,16)12-5-3-4-10(7-14)9(12)2/h3-5,8,11,13-14H,6-7H2,1-2H3. The highest BCUT2D eigenvalue weighted by molar-refractivity contribution is 7.89. The number of hydrogen-bond acceptors (Lipinski definition) is 3. The third kappa shape index (κ3) is 2.51. The lowest BCUT2D eigenvalue weighted by Crippen LogP contribution is -2.27. The Morgan fingerprint density at radius 3 is 2.65 bits per heavy atom. The highest BCUT2D eigenvalue weighted by Gasteiger charge is 2.36. The van der Waals surface area contributed by atoms with E-state index in [-0.39, 0.29) is 17.5 Å². The van der Waals surface area contributed by atoms with Crippen molar-refractivity contribution >= 4 is 10.0 Å². The lowest BCUT2D eigenvalue weighted by atomic mass is 10.1. The van der Waals surface area contributed by atoms with Gasteiger partial charge in [0.15, 0.2) is 0 Å². The summed E-state index contributed by atoms with van der Waals surface area (Å²) >= 11 is 0. The van der Waals surface area contributed by atoms with E-state index < -0.39 is 10.0 Å². The summed E-state index contributed by atoms with van der Waals surface area (Å²) in [5.74, 6) is 0.422. The maximum Gasteiger partial charge on any atom is 0.241 e. The van der Waals surface area contributed by atoms with Gasteiger partial charge in [0.1, 0.15) is 0 Å². The maximum atomic E-state index is 12.1. The molecule has 17 heavy (non-hydrogen) atoms. The molecule has 0 amide bonds. The van der Waals surface area contributed by atoms with Crippen LogP contribution in [0.1, 0.15) is 24.5 Å². The fourth-order valence-corrected chi connectivity index (χ4v) is 3.52. The van der Waals surface area contributed by atoms with Crippen LogP contribution in [0.15, 0.2) is 23.1 Å². The molecule has 1 saturated carbocycles. The van der Waals surface area contributed by atoms with Crippen molar-refractivity contribution in [1.82, 2.24) is 4.72 Å². The molecule has 0 aromatic heterocycles. The molecular formula is C12H17NO3S. The summed E-state index contributed by atoms with van der Waals surface area (Å²) in [6.07, 6.45) is 0.901. The lowest BCUT2D eigenvalue weighted by Gasteiger charge is -2.11. The number of aliphatic hydroxyl groups excluding tert-OH is 1. The molecule has 0 saturated heterocycles. The number of benzene rings is 1. The first kappa shape index (κ1) is 12.5. The van der Waals surface area contributed by atoms with Crippen LogP contribution in [0, 0.1) is 12.8 Å². The van der Waals surface area contributed by atoms with Gasteiger partial charge in [0.25, 0.3) is 0 Å². The molecule has 1 aromatic carbocycles. The topological polar surface area (TPSA) is 66.4 Å². The van der Waals surface area contributed by atoms with E-state index in [2.05, 4.69) is 4.72 Å². The van der Waals surface area contributed by atoms with Crippen molar-refractivity contribution in [3.05, 3.63) is 29.3 Å². The van der Waals surface area contributed by atoms with Crippen LogP contribution in [0.25, 0.3) is 0 Å². The maximum absolute atomic E-state index is 12.1. The summed E-state index contributed by atoms with van der Waals surface area (Å²) in [4.78, 5) is 0.267. The van der Waals surface area contributed by atoms with Crippen LogP contribution in [0.5, 0.6) is 0 Å². The van der Waals surface area contributed by atoms with Crippen LogP contribution in [0.3, 0.4) is 0 Å². The van der Waals surface area contributed by atoms with Crippen molar-refractivity contribution in [1.29, 1.82) is 0 Å². The first-order chi connectivity index (χ1) is 7.95. The summed E-state index contributed by atoms with van der Waals surface area (Å²) in [6, 6.07) is 5.03. The zero-order valence-corrected chi connectivity index (χ0v) is 10.8. The van der Waals surface area contributed by atoms with Gasteiger partial charge in [-0.05, 0) is 36.5 Å². The molecule has 1 aliphatic rings. The largest absolute Gasteiger partial charge is 0.392 e. The van der Waals surface area contributed by atoms with Crippen molar-refractivity contribution < 1.29 is 13.5 Å². The Kier molecular flexibility index (Phi) is 3.25. The second-order valence-corrected chi connectivity index (χ2v) is 6.32. The quantitative estimate of drug-likeness (QED) is 0.849. The van der Waals surface area contributed by atoms with E-state index in [9.17, 15) is 8.42 Å². The number of nitrogens with one attached hydrogen (secondary N) is 1. The second-order valence-electron chi connectivity index (χ2n) is 4.64. The summed E-state index contributed by atoms with van der Waals surface area (Å²) < 4.78 is 26.9. The van der Waals surface area contributed by atoms with Crippen molar-refractivity contribution in [3.63, 3.8) is 0 Å². The first-order valence-electron chi connectivity index (χ1n) is 5.67. The van der Waals surface area contributed by atoms with Gasteiger partial charge in [0.2, 0.25) is 10.0 Å². The van der Waals surface area contributed by atoms with Gasteiger partial charge in [-0.25, -0.2) is 13.1 Å². The molecule has 0 radical (unpaired) electrons. The summed E-state index contributed by atoms with van der Waals surface area (Å²) in [7, 11) is -3.45. The molecule has 0 bridgehead atoms. The fourth-order valence-electron chi connectivity index (χ4n) is 1.87. The third-order valence-electron chi connectivity index (χ3n) is 3.27. The molecule has 5 heteroatoms. The van der Waals surface area contributed by atoms with Gasteiger partial charge in [-0.3, -0.25) is 0 Å². The third-order valence-corrected chi connectivity index (χ3v) is 4.91. The molecule has 2 rings (SSSR count). The van der Waals surface area contributed by atoms with Crippen LogP contribution >= 0.6 is 0 Å². The van der Waals surface area contributed by atoms with E-state index in [0.29, 0.717) is 17.0 Å². The van der Waals surface area contributed by atoms with Gasteiger partial charge in [0, 0.05) is 6.04 Å². The number of aliphatic hydroxyl groups is 1. The van der Waals surface area contributed by atoms with E-state index in [1.54, 1.807) is 25.1 Å². The summed E-state index contributed by atoms with van der Waals surface area (Å²) in [5, 5.41) is 9.13. The molecule has 1 aliphatic carbocycles. The summed E-state index contributed by atoms with van der Waals surface area (Å²) in [6.45, 7) is 3.59. The Labute approximate surface area is 102 Å². The Morgan fingerprint density at radius 2 is 2.12 bits per heavy atom. The first-order valence-corrected chi connectivity index (χ1v) is 7.15. The van der Waals surface area contributed by atoms with Crippen molar-refractivity contribution in [3.8, 4) is 0 Å². The van der Waals surface area contributed by atoms with Gasteiger partial charge in [-0.1, -0.05) is 19.1 Å². The zero-order valence-electron chi connectivity index (χ0n) is 9.97. The van der Waals surface area contributed by atoms with E-state index in [1.807, 2.05) is 6.92 Å². The average Bonchev–Trinajstić information content (AvgIpc) is 2.93. The van der Waals surface area contributed by atoms with Crippen LogP contribution in [0.2, 0.25) is 0 Å². The van der Waals surface area contributed by atoms with E-state index >= 15 is 0 Å². The van der Waals surface area contributed by atoms with Crippen molar-refractivity contribution in [2.75, 3.05) is 0 Å². The summed E-state index contributed by atoms with van der Waals surface area (Å²) in [5.41, 5.74) is 1.27. The van der Waals surface area contributed by atoms with Gasteiger partial charge in [0.05, 0.1) is 11.5 Å². The number of sulfonamides is 1. The monoisotopic (exact) mass is 255 g/mol. The van der Waals surface area contributed by atoms with Crippen molar-refractivity contribution in [2.45, 2.75) is 37.8 Å². The van der Waals surface area contributed by atoms with Gasteiger partial charge in [-0.2, -0.15) is 0 Å². The Hall–Kier alpha value is -0.910.